The van der Waals surface area contributed by atoms with E-state index in [1.807, 2.05) is 0 Å². The number of esters is 1. The Bertz CT molecular complexity index is 1140. The molecule has 30 heavy (non-hydrogen) atoms. The molecular formula is C21H18F3NO5. The summed E-state index contributed by atoms with van der Waals surface area (Å²) in [7, 11) is 0. The summed E-state index contributed by atoms with van der Waals surface area (Å²) in [5, 5.41) is -0.133. The van der Waals surface area contributed by atoms with E-state index in [1.165, 1.54) is 25.1 Å². The summed E-state index contributed by atoms with van der Waals surface area (Å²) in [6.07, 6.45) is -4.66. The maximum atomic E-state index is 13.6. The summed E-state index contributed by atoms with van der Waals surface area (Å²) < 4.78 is 56.2. The van der Waals surface area contributed by atoms with Crippen molar-refractivity contribution in [1.82, 2.24) is 0 Å². The topological polar surface area (TPSA) is 91.8 Å². The largest absolute Gasteiger partial charge is 0.453 e. The quantitative estimate of drug-likeness (QED) is 0.484. The fraction of sp³-hybridized carbons (Fsp3) is 0.238. The van der Waals surface area contributed by atoms with Crippen LogP contribution in [0.1, 0.15) is 25.2 Å². The number of fused-ring (bicyclic) bond motifs is 1. The van der Waals surface area contributed by atoms with Crippen LogP contribution in [-0.4, -0.2) is 12.0 Å². The van der Waals surface area contributed by atoms with E-state index in [-0.39, 0.29) is 16.9 Å². The lowest BCUT2D eigenvalue weighted by Crippen LogP contribution is -2.31. The highest BCUT2D eigenvalue weighted by atomic mass is 19.4. The number of rotatable bonds is 5. The van der Waals surface area contributed by atoms with Crippen LogP contribution >= 0.6 is 0 Å². The van der Waals surface area contributed by atoms with Gasteiger partial charge in [-0.1, -0.05) is 25.1 Å². The molecule has 2 aromatic carbocycles. The number of carbonyl (C=O) groups is 1. The first kappa shape index (κ1) is 21.4. The van der Waals surface area contributed by atoms with Crippen molar-refractivity contribution in [2.45, 2.75) is 32.5 Å². The van der Waals surface area contributed by atoms with Gasteiger partial charge in [-0.05, 0) is 37.1 Å². The van der Waals surface area contributed by atoms with Gasteiger partial charge in [-0.25, -0.2) is 4.79 Å². The average molecular weight is 421 g/mol. The second kappa shape index (κ2) is 8.19. The summed E-state index contributed by atoms with van der Waals surface area (Å²) in [6.45, 7) is 3.14. The Hall–Kier alpha value is -3.33. The van der Waals surface area contributed by atoms with Crippen molar-refractivity contribution in [2.24, 2.45) is 5.73 Å². The molecule has 3 aromatic rings. The average Bonchev–Trinajstić information content (AvgIpc) is 2.69. The molecule has 0 spiro atoms. The zero-order chi connectivity index (χ0) is 22.1. The summed E-state index contributed by atoms with van der Waals surface area (Å²) in [6, 6.07) is 9.05. The second-order valence-corrected chi connectivity index (χ2v) is 6.52. The molecular weight excluding hydrogens is 403 g/mol. The Kier molecular flexibility index (Phi) is 5.84. The number of nitrogens with two attached hydrogens (primary N) is 1. The standard InChI is InChI=1S/C21H18F3NO5/c1-3-12-9-14-16(10-15(12)30-20(27)11(2)25)29-19(21(22,23)24)18(17(14)26)28-13-7-5-4-6-8-13/h4-11H,3,25H2,1-2H3/t11-/m0/s1. The van der Waals surface area contributed by atoms with Crippen LogP contribution in [0.4, 0.5) is 13.2 Å². The molecule has 1 heterocycles. The molecule has 0 saturated heterocycles. The molecule has 6 nitrogen and oxygen atoms in total. The highest BCUT2D eigenvalue weighted by Crippen LogP contribution is 2.39. The van der Waals surface area contributed by atoms with Crippen LogP contribution in [0, 0.1) is 0 Å². The van der Waals surface area contributed by atoms with Gasteiger partial charge in [0.05, 0.1) is 5.39 Å². The van der Waals surface area contributed by atoms with Crippen LogP contribution in [-0.2, 0) is 17.4 Å². The molecule has 0 radical (unpaired) electrons. The fourth-order valence-electron chi connectivity index (χ4n) is 2.71. The zero-order valence-electron chi connectivity index (χ0n) is 16.1. The molecule has 1 aromatic heterocycles. The van der Waals surface area contributed by atoms with Crippen LogP contribution in [0.2, 0.25) is 0 Å². The minimum atomic E-state index is -5.00. The first-order chi connectivity index (χ1) is 14.1. The molecule has 0 aliphatic carbocycles. The number of hydrogen-bond donors (Lipinski definition) is 1. The molecule has 1 atom stereocenters. The number of aryl methyl sites for hydroxylation is 1. The Morgan fingerprint density at radius 3 is 2.43 bits per heavy atom. The van der Waals surface area contributed by atoms with Crippen LogP contribution in [0.5, 0.6) is 17.2 Å². The molecule has 0 amide bonds. The third-order valence-electron chi connectivity index (χ3n) is 4.22. The zero-order valence-corrected chi connectivity index (χ0v) is 16.1. The van der Waals surface area contributed by atoms with E-state index in [0.29, 0.717) is 12.0 Å². The molecule has 0 fully saturated rings. The van der Waals surface area contributed by atoms with Gasteiger partial charge in [0.2, 0.25) is 11.2 Å². The summed E-state index contributed by atoms with van der Waals surface area (Å²) >= 11 is 0. The minimum Gasteiger partial charge on any atom is -0.449 e. The van der Waals surface area contributed by atoms with Crippen molar-refractivity contribution in [3.63, 3.8) is 0 Å². The molecule has 2 N–H and O–H groups in total. The van der Waals surface area contributed by atoms with Crippen molar-refractivity contribution in [2.75, 3.05) is 0 Å². The van der Waals surface area contributed by atoms with Crippen LogP contribution in [0.15, 0.2) is 51.7 Å². The van der Waals surface area contributed by atoms with E-state index >= 15 is 0 Å². The number of hydrogen-bond acceptors (Lipinski definition) is 6. The van der Waals surface area contributed by atoms with E-state index < -0.39 is 40.7 Å². The first-order valence-corrected chi connectivity index (χ1v) is 9.03. The van der Waals surface area contributed by atoms with Gasteiger partial charge in [0.1, 0.15) is 23.1 Å². The monoisotopic (exact) mass is 421 g/mol. The third-order valence-corrected chi connectivity index (χ3v) is 4.22. The lowest BCUT2D eigenvalue weighted by molar-refractivity contribution is -0.154. The number of benzene rings is 2. The molecule has 158 valence electrons. The molecule has 0 unspecified atom stereocenters. The van der Waals surface area contributed by atoms with Gasteiger partial charge in [0.25, 0.3) is 5.76 Å². The number of ether oxygens (including phenoxy) is 2. The lowest BCUT2D eigenvalue weighted by Gasteiger charge is -2.15. The number of para-hydroxylation sites is 1. The highest BCUT2D eigenvalue weighted by molar-refractivity contribution is 5.84. The smallest absolute Gasteiger partial charge is 0.449 e. The Balaban J connectivity index is 2.23. The molecule has 3 rings (SSSR count). The Morgan fingerprint density at radius 1 is 1.20 bits per heavy atom. The highest BCUT2D eigenvalue weighted by Gasteiger charge is 2.40. The maximum absolute atomic E-state index is 13.6. The van der Waals surface area contributed by atoms with E-state index in [9.17, 15) is 22.8 Å². The second-order valence-electron chi connectivity index (χ2n) is 6.52. The fourth-order valence-corrected chi connectivity index (χ4v) is 2.71. The minimum absolute atomic E-state index is 0.0275. The Labute approximate surface area is 169 Å². The lowest BCUT2D eigenvalue weighted by atomic mass is 10.1. The van der Waals surface area contributed by atoms with Crippen molar-refractivity contribution >= 4 is 16.9 Å². The van der Waals surface area contributed by atoms with E-state index in [4.69, 9.17) is 19.6 Å². The SMILES string of the molecule is CCc1cc2c(=O)c(Oc3ccccc3)c(C(F)(F)F)oc2cc1OC(=O)[C@H](C)N. The summed E-state index contributed by atoms with van der Waals surface area (Å²) in [5.74, 6) is -3.30. The van der Waals surface area contributed by atoms with Gasteiger partial charge < -0.3 is 19.6 Å². The molecule has 0 saturated carbocycles. The van der Waals surface area contributed by atoms with Crippen molar-refractivity contribution in [3.05, 3.63) is 64.0 Å². The molecule has 0 bridgehead atoms. The van der Waals surface area contributed by atoms with E-state index in [1.54, 1.807) is 25.1 Å². The van der Waals surface area contributed by atoms with Crippen molar-refractivity contribution < 1.29 is 31.9 Å². The van der Waals surface area contributed by atoms with E-state index in [2.05, 4.69) is 0 Å². The maximum Gasteiger partial charge on any atom is 0.453 e. The predicted molar refractivity (Wildman–Crippen MR) is 103 cm³/mol. The predicted octanol–water partition coefficient (Wildman–Crippen LogP) is 4.42. The summed E-state index contributed by atoms with van der Waals surface area (Å²) in [5.41, 5.74) is 4.51. The van der Waals surface area contributed by atoms with Crippen molar-refractivity contribution in [1.29, 1.82) is 0 Å². The van der Waals surface area contributed by atoms with Gasteiger partial charge in [-0.3, -0.25) is 4.79 Å². The van der Waals surface area contributed by atoms with Crippen LogP contribution < -0.4 is 20.6 Å². The van der Waals surface area contributed by atoms with Crippen molar-refractivity contribution in [3.8, 4) is 17.2 Å². The molecule has 0 aliphatic rings. The van der Waals surface area contributed by atoms with Gasteiger partial charge in [-0.2, -0.15) is 13.2 Å². The van der Waals surface area contributed by atoms with Crippen LogP contribution in [0.3, 0.4) is 0 Å². The number of alkyl halides is 3. The van der Waals surface area contributed by atoms with Gasteiger partial charge in [0, 0.05) is 6.07 Å². The Morgan fingerprint density at radius 2 is 1.87 bits per heavy atom. The van der Waals surface area contributed by atoms with Crippen LogP contribution in [0.25, 0.3) is 11.0 Å². The van der Waals surface area contributed by atoms with Gasteiger partial charge >= 0.3 is 12.1 Å². The number of carbonyl (C=O) groups excluding carboxylic acids is 1. The van der Waals surface area contributed by atoms with E-state index in [0.717, 1.165) is 6.07 Å². The third kappa shape index (κ3) is 4.30. The summed E-state index contributed by atoms with van der Waals surface area (Å²) in [4.78, 5) is 24.7. The van der Waals surface area contributed by atoms with Gasteiger partial charge in [-0.15, -0.1) is 0 Å². The normalized spacial score (nSPS) is 12.6. The first-order valence-electron chi connectivity index (χ1n) is 9.03. The molecule has 9 heteroatoms. The van der Waals surface area contributed by atoms with Gasteiger partial charge in [0.15, 0.2) is 0 Å². The number of halogens is 3. The molecule has 0 aliphatic heterocycles.